The van der Waals surface area contributed by atoms with Crippen molar-refractivity contribution in [1.29, 1.82) is 0 Å². The standard InChI is InChI=1S/C15H23N3O/c1-3-17(4-2)10-7-8-12-19-15-13-14-9-5-6-11-18(14)16-15/h5-6,9,11,13H,3-4,7-8,10,12H2,1-2H3. The lowest BCUT2D eigenvalue weighted by Gasteiger charge is -2.17. The van der Waals surface area contributed by atoms with Gasteiger partial charge in [0.25, 0.3) is 0 Å². The van der Waals surface area contributed by atoms with Gasteiger partial charge in [0, 0.05) is 12.3 Å². The molecule has 4 nitrogen and oxygen atoms in total. The molecular formula is C15H23N3O. The van der Waals surface area contributed by atoms with Crippen LogP contribution in [0.15, 0.2) is 30.5 Å². The number of nitrogens with zero attached hydrogens (tertiary/aromatic N) is 3. The van der Waals surface area contributed by atoms with Crippen molar-refractivity contribution in [1.82, 2.24) is 14.5 Å². The number of fused-ring (bicyclic) bond motifs is 1. The van der Waals surface area contributed by atoms with Gasteiger partial charge in [-0.3, -0.25) is 0 Å². The van der Waals surface area contributed by atoms with E-state index in [0.717, 1.165) is 38.2 Å². The van der Waals surface area contributed by atoms with Crippen LogP contribution in [0, 0.1) is 0 Å². The molecule has 0 aliphatic heterocycles. The predicted octanol–water partition coefficient (Wildman–Crippen LogP) is 2.84. The zero-order chi connectivity index (χ0) is 13.5. The van der Waals surface area contributed by atoms with Crippen LogP contribution < -0.4 is 4.74 Å². The zero-order valence-electron chi connectivity index (χ0n) is 11.9. The first kappa shape index (κ1) is 13.9. The topological polar surface area (TPSA) is 29.8 Å². The van der Waals surface area contributed by atoms with E-state index in [1.54, 1.807) is 0 Å². The Bertz CT molecular complexity index is 458. The van der Waals surface area contributed by atoms with Gasteiger partial charge in [-0.15, -0.1) is 5.10 Å². The summed E-state index contributed by atoms with van der Waals surface area (Å²) in [4.78, 5) is 2.44. The van der Waals surface area contributed by atoms with Crippen molar-refractivity contribution in [2.45, 2.75) is 26.7 Å². The third-order valence-electron chi connectivity index (χ3n) is 3.36. The van der Waals surface area contributed by atoms with Crippen LogP contribution in [0.25, 0.3) is 5.52 Å². The van der Waals surface area contributed by atoms with E-state index in [0.29, 0.717) is 5.88 Å². The summed E-state index contributed by atoms with van der Waals surface area (Å²) in [6.07, 6.45) is 4.18. The maximum atomic E-state index is 5.69. The predicted molar refractivity (Wildman–Crippen MR) is 77.7 cm³/mol. The minimum atomic E-state index is 0.717. The molecule has 0 bridgehead atoms. The lowest BCUT2D eigenvalue weighted by atomic mass is 10.3. The van der Waals surface area contributed by atoms with Crippen LogP contribution in [0.5, 0.6) is 5.88 Å². The van der Waals surface area contributed by atoms with Crippen LogP contribution in [0.2, 0.25) is 0 Å². The summed E-state index contributed by atoms with van der Waals surface area (Å²) in [5.41, 5.74) is 1.07. The molecule has 2 aromatic heterocycles. The lowest BCUT2D eigenvalue weighted by molar-refractivity contribution is 0.261. The highest BCUT2D eigenvalue weighted by molar-refractivity contribution is 5.48. The molecule has 0 N–H and O–H groups in total. The molecule has 0 saturated carbocycles. The van der Waals surface area contributed by atoms with Gasteiger partial charge in [0.05, 0.1) is 12.1 Å². The van der Waals surface area contributed by atoms with Crippen LogP contribution in [-0.2, 0) is 0 Å². The van der Waals surface area contributed by atoms with Gasteiger partial charge in [0.1, 0.15) is 0 Å². The Morgan fingerprint density at radius 3 is 2.79 bits per heavy atom. The molecule has 2 aromatic rings. The minimum absolute atomic E-state index is 0.717. The molecule has 4 heteroatoms. The van der Waals surface area contributed by atoms with Crippen LogP contribution in [0.4, 0.5) is 0 Å². The second kappa shape index (κ2) is 7.14. The average Bonchev–Trinajstić information content (AvgIpc) is 2.85. The SMILES string of the molecule is CCN(CC)CCCCOc1cc2ccccn2n1. The first-order valence-corrected chi connectivity index (χ1v) is 7.13. The van der Waals surface area contributed by atoms with Gasteiger partial charge in [-0.05, 0) is 44.6 Å². The van der Waals surface area contributed by atoms with E-state index in [2.05, 4.69) is 23.8 Å². The third kappa shape index (κ3) is 3.96. The molecule has 2 heterocycles. The number of aromatic nitrogens is 2. The van der Waals surface area contributed by atoms with Crippen molar-refractivity contribution in [2.75, 3.05) is 26.2 Å². The Morgan fingerprint density at radius 1 is 1.21 bits per heavy atom. The van der Waals surface area contributed by atoms with Gasteiger partial charge in [0.2, 0.25) is 5.88 Å². The molecule has 0 amide bonds. The Hall–Kier alpha value is -1.55. The zero-order valence-corrected chi connectivity index (χ0v) is 11.9. The van der Waals surface area contributed by atoms with E-state index in [-0.39, 0.29) is 0 Å². The summed E-state index contributed by atoms with van der Waals surface area (Å²) < 4.78 is 7.53. The van der Waals surface area contributed by atoms with Crippen LogP contribution in [0.1, 0.15) is 26.7 Å². The van der Waals surface area contributed by atoms with Gasteiger partial charge in [-0.25, -0.2) is 4.52 Å². The molecule has 0 aliphatic rings. The smallest absolute Gasteiger partial charge is 0.233 e. The quantitative estimate of drug-likeness (QED) is 0.684. The normalized spacial score (nSPS) is 11.3. The molecule has 0 atom stereocenters. The number of rotatable bonds is 8. The first-order valence-electron chi connectivity index (χ1n) is 7.13. The van der Waals surface area contributed by atoms with Crippen LogP contribution >= 0.6 is 0 Å². The van der Waals surface area contributed by atoms with Crippen molar-refractivity contribution < 1.29 is 4.74 Å². The first-order chi connectivity index (χ1) is 9.33. The summed E-state index contributed by atoms with van der Waals surface area (Å²) in [6.45, 7) is 8.56. The Kier molecular flexibility index (Phi) is 5.21. The number of hydrogen-bond donors (Lipinski definition) is 0. The average molecular weight is 261 g/mol. The summed E-state index contributed by atoms with van der Waals surface area (Å²) >= 11 is 0. The van der Waals surface area contributed by atoms with Gasteiger partial charge >= 0.3 is 0 Å². The maximum Gasteiger partial charge on any atom is 0.233 e. The molecule has 104 valence electrons. The number of hydrogen-bond acceptors (Lipinski definition) is 3. The van der Waals surface area contributed by atoms with Crippen LogP contribution in [-0.4, -0.2) is 40.8 Å². The summed E-state index contributed by atoms with van der Waals surface area (Å²) in [6, 6.07) is 7.98. The van der Waals surface area contributed by atoms with E-state index in [1.807, 2.05) is 35.0 Å². The van der Waals surface area contributed by atoms with Crippen molar-refractivity contribution in [3.05, 3.63) is 30.5 Å². The van der Waals surface area contributed by atoms with Gasteiger partial charge < -0.3 is 9.64 Å². The lowest BCUT2D eigenvalue weighted by Crippen LogP contribution is -2.24. The fourth-order valence-electron chi connectivity index (χ4n) is 2.14. The van der Waals surface area contributed by atoms with Crippen LogP contribution in [0.3, 0.4) is 0 Å². The molecule has 0 fully saturated rings. The molecule has 0 radical (unpaired) electrons. The monoisotopic (exact) mass is 261 g/mol. The highest BCUT2D eigenvalue weighted by atomic mass is 16.5. The van der Waals surface area contributed by atoms with Gasteiger partial charge in [-0.1, -0.05) is 19.9 Å². The molecular weight excluding hydrogens is 238 g/mol. The largest absolute Gasteiger partial charge is 0.477 e. The fraction of sp³-hybridized carbons (Fsp3) is 0.533. The summed E-state index contributed by atoms with van der Waals surface area (Å²) in [7, 11) is 0. The fourth-order valence-corrected chi connectivity index (χ4v) is 2.14. The van der Waals surface area contributed by atoms with Gasteiger partial charge in [-0.2, -0.15) is 0 Å². The number of unbranched alkanes of at least 4 members (excludes halogenated alkanes) is 1. The highest BCUT2D eigenvalue weighted by Crippen LogP contribution is 2.12. The molecule has 2 rings (SSSR count). The minimum Gasteiger partial charge on any atom is -0.477 e. The third-order valence-corrected chi connectivity index (χ3v) is 3.36. The van der Waals surface area contributed by atoms with Crippen molar-refractivity contribution in [2.24, 2.45) is 0 Å². The van der Waals surface area contributed by atoms with E-state index in [9.17, 15) is 0 Å². The van der Waals surface area contributed by atoms with E-state index < -0.39 is 0 Å². The van der Waals surface area contributed by atoms with Crippen molar-refractivity contribution in [3.8, 4) is 5.88 Å². The van der Waals surface area contributed by atoms with Crippen molar-refractivity contribution >= 4 is 5.52 Å². The molecule has 19 heavy (non-hydrogen) atoms. The van der Waals surface area contributed by atoms with E-state index >= 15 is 0 Å². The number of pyridine rings is 1. The second-order valence-corrected chi connectivity index (χ2v) is 4.64. The molecule has 0 spiro atoms. The molecule has 0 saturated heterocycles. The van der Waals surface area contributed by atoms with Crippen molar-refractivity contribution in [3.63, 3.8) is 0 Å². The van der Waals surface area contributed by atoms with E-state index in [4.69, 9.17) is 4.74 Å². The molecule has 0 unspecified atom stereocenters. The molecule has 0 aliphatic carbocycles. The molecule has 0 aromatic carbocycles. The maximum absolute atomic E-state index is 5.69. The Morgan fingerprint density at radius 2 is 2.05 bits per heavy atom. The Labute approximate surface area is 115 Å². The second-order valence-electron chi connectivity index (χ2n) is 4.64. The van der Waals surface area contributed by atoms with E-state index in [1.165, 1.54) is 6.42 Å². The van der Waals surface area contributed by atoms with Gasteiger partial charge in [0.15, 0.2) is 0 Å². The Balaban J connectivity index is 1.71. The highest BCUT2D eigenvalue weighted by Gasteiger charge is 2.02. The summed E-state index contributed by atoms with van der Waals surface area (Å²) in [5, 5.41) is 4.36. The summed E-state index contributed by atoms with van der Waals surface area (Å²) in [5.74, 6) is 0.717. The number of ether oxygens (including phenoxy) is 1.